The highest BCUT2D eigenvalue weighted by molar-refractivity contribution is 6.15. The van der Waals surface area contributed by atoms with Crippen molar-refractivity contribution in [3.05, 3.63) is 254 Å². The normalized spacial score (nSPS) is 15.9. The van der Waals surface area contributed by atoms with Crippen molar-refractivity contribution >= 4 is 125 Å². The first-order chi connectivity index (χ1) is 66.4. The van der Waals surface area contributed by atoms with Crippen molar-refractivity contribution in [1.29, 1.82) is 0 Å². The van der Waals surface area contributed by atoms with E-state index in [0.29, 0.717) is 45.5 Å². The lowest BCUT2D eigenvalue weighted by atomic mass is 10.0. The number of benzene rings is 4. The molecular weight excluding hydrogens is 1700 g/mol. The maximum atomic E-state index is 13.0. The number of carbonyl (C=O) groups is 4. The molecule has 33 nitrogen and oxygen atoms in total. The minimum absolute atomic E-state index is 0.261. The molecule has 0 radical (unpaired) electrons. The molecule has 0 aliphatic carbocycles. The van der Waals surface area contributed by atoms with Gasteiger partial charge in [0.2, 0.25) is 0 Å². The molecule has 0 bridgehead atoms. The molecule has 20 heterocycles. The minimum atomic E-state index is -0.276. The lowest BCUT2D eigenvalue weighted by Gasteiger charge is -2.31. The van der Waals surface area contributed by atoms with Gasteiger partial charge >= 0.3 is 0 Å². The fraction of sp³-hybridized carbons (Fsp3) is 0.294. The van der Waals surface area contributed by atoms with Crippen molar-refractivity contribution in [1.82, 2.24) is 90.5 Å². The van der Waals surface area contributed by atoms with E-state index < -0.39 is 0 Å². The van der Waals surface area contributed by atoms with Gasteiger partial charge in [-0.1, -0.05) is 24.3 Å². The number of piperidine rings is 1. The number of fused-ring (bicyclic) bond motifs is 4. The summed E-state index contributed by atoms with van der Waals surface area (Å²) in [6.45, 7) is 20.1. The van der Waals surface area contributed by atoms with Gasteiger partial charge in [-0.05, 0) is 245 Å². The third-order valence-corrected chi connectivity index (χ3v) is 26.3. The molecule has 0 spiro atoms. The Morgan fingerprint density at radius 3 is 0.837 bits per heavy atom. The molecule has 0 atom stereocenters. The second-order valence-corrected chi connectivity index (χ2v) is 35.4. The summed E-state index contributed by atoms with van der Waals surface area (Å²) in [6, 6.07) is 47.9. The van der Waals surface area contributed by atoms with E-state index in [1.807, 2.05) is 171 Å². The summed E-state index contributed by atoms with van der Waals surface area (Å²) in [5.41, 5.74) is 20.0. The zero-order chi connectivity index (χ0) is 90.9. The molecule has 8 fully saturated rings. The van der Waals surface area contributed by atoms with Crippen molar-refractivity contribution in [3.8, 4) is 44.5 Å². The SMILES string of the molecule is O=C(Nc1ccc(N2CCC2)nc1)c1n[nH]c2ccc(-c3cncc(CN4CCC4)c3)cc12.O=C(Nc1ccc(N2CCC2)nc1)c1n[nH]c2ccc(-c3cncc(CN4CCCC4)c3)cc12.O=C(Nc1ccc(N2CCC2)nc1)c1n[nH]c2ccc(-c3cncc(N4CCCCC4)c3)cc12.O=C(Nc1ccc(N2CCC2)nc1)c1n[nH]c2ccc(-c3cncc(N4CCOCC4)c3)cc12. The first-order valence-electron chi connectivity index (χ1n) is 46.8. The molecule has 16 aromatic rings. The van der Waals surface area contributed by atoms with Crippen LogP contribution in [0.5, 0.6) is 0 Å². The summed E-state index contributed by atoms with van der Waals surface area (Å²) in [4.78, 5) is 106. The summed E-state index contributed by atoms with van der Waals surface area (Å²) in [7, 11) is 0. The lowest BCUT2D eigenvalue weighted by Crippen LogP contribution is -2.37. The summed E-state index contributed by atoms with van der Waals surface area (Å²) < 4.78 is 5.46. The van der Waals surface area contributed by atoms with Crippen molar-refractivity contribution in [2.45, 2.75) is 77.3 Å². The zero-order valence-corrected chi connectivity index (χ0v) is 75.0. The van der Waals surface area contributed by atoms with Crippen LogP contribution in [0, 0.1) is 0 Å². The lowest BCUT2D eigenvalue weighted by molar-refractivity contribution is 0.101. The number of hydrogen-bond donors (Lipinski definition) is 8. The van der Waals surface area contributed by atoms with Crippen LogP contribution in [0.2, 0.25) is 0 Å². The second kappa shape index (κ2) is 39.5. The predicted molar refractivity (Wildman–Crippen MR) is 527 cm³/mol. The Morgan fingerprint density at radius 1 is 0.267 bits per heavy atom. The van der Waals surface area contributed by atoms with Crippen LogP contribution in [0.3, 0.4) is 0 Å². The Kier molecular flexibility index (Phi) is 25.2. The molecule has 8 aliphatic heterocycles. The number of ether oxygens (including phenoxy) is 1. The highest BCUT2D eigenvalue weighted by Gasteiger charge is 2.27. The average Bonchev–Trinajstić information content (AvgIpc) is 1.66. The molecule has 0 unspecified atom stereocenters. The van der Waals surface area contributed by atoms with Crippen LogP contribution in [0.25, 0.3) is 88.1 Å². The fourth-order valence-electron chi connectivity index (χ4n) is 17.9. The number of hydrogen-bond acceptors (Lipinski definition) is 25. The van der Waals surface area contributed by atoms with E-state index in [1.165, 1.54) is 75.3 Å². The van der Waals surface area contributed by atoms with E-state index in [9.17, 15) is 19.2 Å². The molecule has 24 rings (SSSR count). The highest BCUT2D eigenvalue weighted by Crippen LogP contribution is 2.36. The van der Waals surface area contributed by atoms with E-state index in [-0.39, 0.29) is 23.6 Å². The molecule has 4 amide bonds. The summed E-state index contributed by atoms with van der Waals surface area (Å²) in [5, 5.41) is 43.8. The van der Waals surface area contributed by atoms with Gasteiger partial charge in [0.05, 0.1) is 107 Å². The predicted octanol–water partition coefficient (Wildman–Crippen LogP) is 15.6. The number of pyridine rings is 8. The number of nitrogens with zero attached hydrogens (tertiary/aromatic N) is 20. The van der Waals surface area contributed by atoms with Crippen LogP contribution in [0.1, 0.15) is 117 Å². The van der Waals surface area contributed by atoms with E-state index in [1.54, 1.807) is 24.8 Å². The molecule has 8 N–H and O–H groups in total. The Bertz CT molecular complexity index is 6720. The van der Waals surface area contributed by atoms with Gasteiger partial charge in [-0.15, -0.1) is 0 Å². The number of aromatic amines is 4. The number of rotatable bonds is 22. The minimum Gasteiger partial charge on any atom is -0.378 e. The Morgan fingerprint density at radius 2 is 0.548 bits per heavy atom. The van der Waals surface area contributed by atoms with Gasteiger partial charge in [0, 0.05) is 173 Å². The number of H-pyrrole nitrogens is 4. The molecular formula is C102H104N28O5. The quantitative estimate of drug-likeness (QED) is 0.0312. The number of aromatic nitrogens is 16. The smallest absolute Gasteiger partial charge is 0.276 e. The van der Waals surface area contributed by atoms with E-state index in [0.717, 1.165) is 254 Å². The number of morpholine rings is 1. The molecule has 12 aromatic heterocycles. The number of anilines is 10. The van der Waals surface area contributed by atoms with Crippen LogP contribution in [-0.4, -0.2) is 232 Å². The Hall–Kier alpha value is -15.5. The second-order valence-electron chi connectivity index (χ2n) is 35.4. The molecule has 8 aliphatic rings. The standard InChI is InChI=1S/2C26H27N7O.C25H25N7O2.C25H25N7O/c34-26(29-21-5-7-24(28-16-21)33-10-3-11-33)25-22-13-19(4-6-23(22)30-31-25)20-12-18(14-27-15-20)17-32-8-1-2-9-32;34-26(29-20-6-8-24(28-16-20)33-11-4-12-33)25-22-14-18(5-7-23(22)30-31-25)19-13-21(17-27-15-19)32-9-2-1-3-10-32;33-25(28-19-3-5-23(27-15-19)32-6-1-7-32)24-21-13-17(2-4-22(21)29-30-24)18-12-20(16-26-14-18)31-8-10-34-11-9-31;33-25(28-20-4-6-23(27-15-20)32-9-2-10-32)24-21-12-18(3-5-22(21)29-30-24)19-11-17(13-26-14-19)16-31-7-1-8-31/h4-7,12-16H,1-3,8-11,17H2,(H,29,34)(H,30,31);5-8,13-17H,1-4,9-12H2,(H,29,34)(H,30,31);2-5,12-16H,1,6-11H2,(H,28,33)(H,29,30);3-6,11-15H,1-2,7-10,16H2,(H,28,33)(H,29,30). The van der Waals surface area contributed by atoms with Crippen molar-refractivity contribution in [3.63, 3.8) is 0 Å². The van der Waals surface area contributed by atoms with Crippen LogP contribution in [0.15, 0.2) is 220 Å². The maximum Gasteiger partial charge on any atom is 0.276 e. The number of nitrogens with one attached hydrogen (secondary N) is 8. The number of likely N-dealkylation sites (tertiary alicyclic amines) is 2. The monoisotopic (exact) mass is 1800 g/mol. The average molecular weight is 1800 g/mol. The first-order valence-corrected chi connectivity index (χ1v) is 46.8. The summed E-state index contributed by atoms with van der Waals surface area (Å²) in [5.74, 6) is 2.71. The van der Waals surface area contributed by atoms with Crippen LogP contribution < -0.4 is 50.7 Å². The summed E-state index contributed by atoms with van der Waals surface area (Å²) >= 11 is 0. The van der Waals surface area contributed by atoms with Gasteiger partial charge in [-0.3, -0.25) is 69.3 Å². The molecule has 33 heteroatoms. The molecule has 135 heavy (non-hydrogen) atoms. The van der Waals surface area contributed by atoms with Gasteiger partial charge in [0.15, 0.2) is 22.8 Å². The topological polar surface area (TPSA) is 369 Å². The Labute approximate surface area is 779 Å². The van der Waals surface area contributed by atoms with Gasteiger partial charge < -0.3 is 55.4 Å². The first kappa shape index (κ1) is 86.2. The van der Waals surface area contributed by atoms with E-state index in [4.69, 9.17) is 4.74 Å². The third kappa shape index (κ3) is 19.7. The number of carbonyl (C=O) groups excluding carboxylic acids is 4. The van der Waals surface area contributed by atoms with Crippen LogP contribution >= 0.6 is 0 Å². The summed E-state index contributed by atoms with van der Waals surface area (Å²) in [6.07, 6.45) is 34.3. The van der Waals surface area contributed by atoms with Gasteiger partial charge in [-0.2, -0.15) is 20.4 Å². The van der Waals surface area contributed by atoms with Crippen LogP contribution in [0.4, 0.5) is 57.4 Å². The van der Waals surface area contributed by atoms with E-state index >= 15 is 0 Å². The highest BCUT2D eigenvalue weighted by atomic mass is 16.5. The van der Waals surface area contributed by atoms with Crippen LogP contribution in [-0.2, 0) is 17.8 Å². The zero-order valence-electron chi connectivity index (χ0n) is 75.0. The largest absolute Gasteiger partial charge is 0.378 e. The van der Waals surface area contributed by atoms with E-state index in [2.05, 4.69) is 165 Å². The van der Waals surface area contributed by atoms with Crippen molar-refractivity contribution < 1.29 is 23.9 Å². The number of amides is 4. The fourth-order valence-corrected chi connectivity index (χ4v) is 17.9. The van der Waals surface area contributed by atoms with Gasteiger partial charge in [0.25, 0.3) is 23.6 Å². The molecule has 8 saturated heterocycles. The Balaban J connectivity index is 0.000000108. The molecule has 4 aromatic carbocycles. The molecule has 682 valence electrons. The third-order valence-electron chi connectivity index (χ3n) is 26.3. The molecule has 0 saturated carbocycles. The van der Waals surface area contributed by atoms with Gasteiger partial charge in [0.1, 0.15) is 23.3 Å². The van der Waals surface area contributed by atoms with Crippen molar-refractivity contribution in [2.75, 3.05) is 169 Å². The maximum absolute atomic E-state index is 13.0. The van der Waals surface area contributed by atoms with Crippen molar-refractivity contribution in [2.24, 2.45) is 0 Å². The van der Waals surface area contributed by atoms with Gasteiger partial charge in [-0.25, -0.2) is 19.9 Å².